The van der Waals surface area contributed by atoms with Gasteiger partial charge in [0.2, 0.25) is 0 Å². The third-order valence-corrected chi connectivity index (χ3v) is 11.3. The highest BCUT2D eigenvalue weighted by atomic mass is 14.9. The van der Waals surface area contributed by atoms with E-state index in [1.165, 1.54) is 60.8 Å². The lowest BCUT2D eigenvalue weighted by molar-refractivity contribution is 0.661. The molecule has 10 rings (SSSR count). The predicted octanol–water partition coefficient (Wildman–Crippen LogP) is 13.9. The summed E-state index contributed by atoms with van der Waals surface area (Å²) in [5, 5.41) is 2.57. The Kier molecular flexibility index (Phi) is 7.85. The highest BCUT2D eigenvalue weighted by Crippen LogP contribution is 2.53. The molecule has 0 saturated heterocycles. The van der Waals surface area contributed by atoms with Crippen LogP contribution in [0.15, 0.2) is 194 Å². The Bertz CT molecular complexity index is 2870. The van der Waals surface area contributed by atoms with Crippen molar-refractivity contribution in [3.05, 3.63) is 205 Å². The zero-order valence-electron chi connectivity index (χ0n) is 30.9. The quantitative estimate of drug-likeness (QED) is 0.172. The van der Waals surface area contributed by atoms with Crippen LogP contribution in [0.1, 0.15) is 25.0 Å². The average molecular weight is 703 g/mol. The van der Waals surface area contributed by atoms with Crippen molar-refractivity contribution in [2.24, 2.45) is 0 Å². The van der Waals surface area contributed by atoms with Gasteiger partial charge in [-0.3, -0.25) is 0 Å². The molecular formula is C53H38N2. The van der Waals surface area contributed by atoms with Gasteiger partial charge in [-0.25, -0.2) is 9.97 Å². The highest BCUT2D eigenvalue weighted by molar-refractivity contribution is 5.99. The fourth-order valence-corrected chi connectivity index (χ4v) is 8.36. The molecule has 1 aliphatic carbocycles. The molecule has 1 aromatic heterocycles. The molecule has 0 spiro atoms. The van der Waals surface area contributed by atoms with E-state index in [0.29, 0.717) is 5.82 Å². The molecule has 0 N–H and O–H groups in total. The summed E-state index contributed by atoms with van der Waals surface area (Å²) >= 11 is 0. The van der Waals surface area contributed by atoms with Gasteiger partial charge >= 0.3 is 0 Å². The van der Waals surface area contributed by atoms with E-state index in [1.807, 2.05) is 24.3 Å². The van der Waals surface area contributed by atoms with Crippen molar-refractivity contribution in [1.29, 1.82) is 0 Å². The largest absolute Gasteiger partial charge is 0.228 e. The molecule has 0 unspecified atom stereocenters. The maximum Gasteiger partial charge on any atom is 0.160 e. The first-order chi connectivity index (χ1) is 27.0. The van der Waals surface area contributed by atoms with Gasteiger partial charge < -0.3 is 0 Å². The van der Waals surface area contributed by atoms with Crippen molar-refractivity contribution in [2.45, 2.75) is 19.3 Å². The molecular weight excluding hydrogens is 665 g/mol. The van der Waals surface area contributed by atoms with E-state index in [-0.39, 0.29) is 5.41 Å². The number of hydrogen-bond donors (Lipinski definition) is 0. The van der Waals surface area contributed by atoms with Crippen molar-refractivity contribution in [2.75, 3.05) is 0 Å². The molecule has 0 bridgehead atoms. The number of hydrogen-bond acceptors (Lipinski definition) is 2. The first-order valence-corrected chi connectivity index (χ1v) is 19.0. The van der Waals surface area contributed by atoms with Crippen LogP contribution in [0.2, 0.25) is 0 Å². The Morgan fingerprint density at radius 3 is 1.55 bits per heavy atom. The zero-order valence-corrected chi connectivity index (χ0v) is 30.9. The maximum atomic E-state index is 5.15. The van der Waals surface area contributed by atoms with Crippen LogP contribution in [0.5, 0.6) is 0 Å². The Morgan fingerprint density at radius 2 is 0.836 bits per heavy atom. The molecule has 0 amide bonds. The fourth-order valence-electron chi connectivity index (χ4n) is 8.36. The summed E-state index contributed by atoms with van der Waals surface area (Å²) in [4.78, 5) is 10.2. The van der Waals surface area contributed by atoms with E-state index in [4.69, 9.17) is 9.97 Å². The smallest absolute Gasteiger partial charge is 0.160 e. The maximum absolute atomic E-state index is 5.15. The van der Waals surface area contributed by atoms with Gasteiger partial charge in [0, 0.05) is 22.1 Å². The van der Waals surface area contributed by atoms with E-state index in [0.717, 1.165) is 33.6 Å². The average Bonchev–Trinajstić information content (AvgIpc) is 3.48. The second-order valence-corrected chi connectivity index (χ2v) is 15.0. The number of nitrogens with zero attached hydrogens (tertiary/aromatic N) is 2. The van der Waals surface area contributed by atoms with Gasteiger partial charge in [-0.2, -0.15) is 0 Å². The normalized spacial score (nSPS) is 12.7. The summed E-state index contributed by atoms with van der Waals surface area (Å²) in [7, 11) is 0. The Morgan fingerprint density at radius 1 is 0.327 bits per heavy atom. The van der Waals surface area contributed by atoms with Crippen molar-refractivity contribution in [1.82, 2.24) is 9.97 Å². The van der Waals surface area contributed by atoms with Gasteiger partial charge in [-0.05, 0) is 96.7 Å². The summed E-state index contributed by atoms with van der Waals surface area (Å²) in [6.45, 7) is 4.72. The molecule has 260 valence electrons. The van der Waals surface area contributed by atoms with Crippen LogP contribution in [0.25, 0.3) is 89.2 Å². The Labute approximate surface area is 322 Å². The molecule has 2 nitrogen and oxygen atoms in total. The molecule has 55 heavy (non-hydrogen) atoms. The third kappa shape index (κ3) is 5.84. The van der Waals surface area contributed by atoms with Gasteiger partial charge in [-0.1, -0.05) is 178 Å². The minimum absolute atomic E-state index is 0.0877. The highest BCUT2D eigenvalue weighted by Gasteiger charge is 2.37. The van der Waals surface area contributed by atoms with Gasteiger partial charge in [0.05, 0.1) is 11.4 Å². The summed E-state index contributed by atoms with van der Waals surface area (Å²) in [5.74, 6) is 0.710. The van der Waals surface area contributed by atoms with Crippen LogP contribution >= 0.6 is 0 Å². The Balaban J connectivity index is 1.05. The summed E-state index contributed by atoms with van der Waals surface area (Å²) in [5.41, 5.74) is 17.4. The fraction of sp³-hybridized carbons (Fsp3) is 0.0566. The molecule has 0 saturated carbocycles. The number of rotatable bonds is 6. The second-order valence-electron chi connectivity index (χ2n) is 15.0. The zero-order chi connectivity index (χ0) is 36.9. The minimum atomic E-state index is -0.0877. The minimum Gasteiger partial charge on any atom is -0.228 e. The summed E-state index contributed by atoms with van der Waals surface area (Å²) < 4.78 is 0. The van der Waals surface area contributed by atoms with Crippen LogP contribution in [-0.2, 0) is 5.41 Å². The molecule has 1 aliphatic rings. The number of benzene rings is 8. The van der Waals surface area contributed by atoms with E-state index in [1.54, 1.807) is 0 Å². The molecule has 2 heteroatoms. The van der Waals surface area contributed by atoms with Crippen LogP contribution in [0.3, 0.4) is 0 Å². The topological polar surface area (TPSA) is 25.8 Å². The van der Waals surface area contributed by atoms with Crippen molar-refractivity contribution in [3.8, 4) is 78.4 Å². The lowest BCUT2D eigenvalue weighted by Gasteiger charge is -2.22. The van der Waals surface area contributed by atoms with E-state index in [9.17, 15) is 0 Å². The van der Waals surface area contributed by atoms with Crippen molar-refractivity contribution >= 4 is 10.8 Å². The van der Waals surface area contributed by atoms with Crippen molar-refractivity contribution < 1.29 is 0 Å². The molecule has 8 aromatic carbocycles. The van der Waals surface area contributed by atoms with Crippen LogP contribution in [0.4, 0.5) is 0 Å². The third-order valence-electron chi connectivity index (χ3n) is 11.3. The van der Waals surface area contributed by atoms with E-state index >= 15 is 0 Å². The second kappa shape index (κ2) is 13.2. The summed E-state index contributed by atoms with van der Waals surface area (Å²) in [6, 6.07) is 69.6. The molecule has 0 fully saturated rings. The standard InChI is InChI=1S/C53H38N2/c1-53(2)47-25-13-24-45(51(47)46-32-41-18-9-10-19-42(41)33-48(46)53)43-22-11-20-39(30-43)40-21-12-23-44(31-40)50-34-49(54-52(55-50)38-16-7-4-8-17-38)37-28-26-36(27-29-37)35-14-5-3-6-15-35/h3-34H,1-2H3. The van der Waals surface area contributed by atoms with Crippen LogP contribution < -0.4 is 0 Å². The van der Waals surface area contributed by atoms with Gasteiger partial charge in [0.15, 0.2) is 5.82 Å². The summed E-state index contributed by atoms with van der Waals surface area (Å²) in [6.07, 6.45) is 0. The van der Waals surface area contributed by atoms with Gasteiger partial charge in [0.25, 0.3) is 0 Å². The first-order valence-electron chi connectivity index (χ1n) is 19.0. The van der Waals surface area contributed by atoms with Crippen molar-refractivity contribution in [3.63, 3.8) is 0 Å². The lowest BCUT2D eigenvalue weighted by atomic mass is 9.81. The lowest BCUT2D eigenvalue weighted by Crippen LogP contribution is -2.14. The molecule has 0 atom stereocenters. The molecule has 0 radical (unpaired) electrons. The molecule has 9 aromatic rings. The number of fused-ring (bicyclic) bond motifs is 4. The Hall–Kier alpha value is -6.90. The van der Waals surface area contributed by atoms with Gasteiger partial charge in [-0.15, -0.1) is 0 Å². The monoisotopic (exact) mass is 702 g/mol. The van der Waals surface area contributed by atoms with Crippen LogP contribution in [-0.4, -0.2) is 9.97 Å². The molecule has 0 aliphatic heterocycles. The first kappa shape index (κ1) is 32.7. The predicted molar refractivity (Wildman–Crippen MR) is 230 cm³/mol. The van der Waals surface area contributed by atoms with Gasteiger partial charge in [0.1, 0.15) is 0 Å². The van der Waals surface area contributed by atoms with E-state index in [2.05, 4.69) is 184 Å². The molecule has 1 heterocycles. The SMILES string of the molecule is CC1(C)c2cc3ccccc3cc2-c2c(-c3cccc(-c4cccc(-c5cc(-c6ccc(-c7ccccc7)cc6)nc(-c6ccccc6)n5)c4)c3)cccc21. The van der Waals surface area contributed by atoms with E-state index < -0.39 is 0 Å². The van der Waals surface area contributed by atoms with Crippen LogP contribution in [0, 0.1) is 0 Å². The number of aromatic nitrogens is 2.